The SMILES string of the molecule is CCn1c2ccccc2c2cc(CN(Cc3cccnc3)C(=O)c3cccc(-n4cccc4)c3)ccc21. The smallest absolute Gasteiger partial charge is 0.254 e. The van der Waals surface area contributed by atoms with E-state index in [0.717, 1.165) is 23.4 Å². The van der Waals surface area contributed by atoms with Gasteiger partial charge in [0.15, 0.2) is 0 Å². The monoisotopic (exact) mass is 484 g/mol. The molecule has 0 aliphatic carbocycles. The number of hydrogen-bond acceptors (Lipinski definition) is 2. The van der Waals surface area contributed by atoms with Crippen LogP contribution in [-0.2, 0) is 19.6 Å². The topological polar surface area (TPSA) is 43.1 Å². The highest BCUT2D eigenvalue weighted by Gasteiger charge is 2.19. The van der Waals surface area contributed by atoms with Crippen molar-refractivity contribution < 1.29 is 4.79 Å². The molecule has 1 amide bonds. The Morgan fingerprint density at radius 2 is 1.59 bits per heavy atom. The van der Waals surface area contributed by atoms with Crippen LogP contribution in [0.3, 0.4) is 0 Å². The van der Waals surface area contributed by atoms with Gasteiger partial charge in [-0.1, -0.05) is 36.4 Å². The number of fused-ring (bicyclic) bond motifs is 3. The predicted octanol–water partition coefficient (Wildman–Crippen LogP) is 6.84. The third-order valence-electron chi connectivity index (χ3n) is 6.91. The molecule has 3 heterocycles. The zero-order valence-electron chi connectivity index (χ0n) is 20.8. The number of nitrogens with zero attached hydrogens (tertiary/aromatic N) is 4. The molecule has 5 nitrogen and oxygen atoms in total. The van der Waals surface area contributed by atoms with Gasteiger partial charge in [0.1, 0.15) is 0 Å². The summed E-state index contributed by atoms with van der Waals surface area (Å²) in [5, 5.41) is 2.46. The second-order valence-electron chi connectivity index (χ2n) is 9.28. The van der Waals surface area contributed by atoms with E-state index < -0.39 is 0 Å². The van der Waals surface area contributed by atoms with E-state index in [1.807, 2.05) is 76.6 Å². The Morgan fingerprint density at radius 1 is 0.784 bits per heavy atom. The Labute approximate surface area is 216 Å². The number of rotatable bonds is 7. The Bertz CT molecular complexity index is 1680. The molecule has 0 spiro atoms. The predicted molar refractivity (Wildman–Crippen MR) is 149 cm³/mol. The summed E-state index contributed by atoms with van der Waals surface area (Å²) in [6.45, 7) is 4.07. The van der Waals surface area contributed by atoms with Crippen LogP contribution in [0.1, 0.15) is 28.4 Å². The van der Waals surface area contributed by atoms with Gasteiger partial charge in [0.2, 0.25) is 0 Å². The quantitative estimate of drug-likeness (QED) is 0.249. The standard InChI is InChI=1S/C32H28N4O/c1-2-36-30-13-4-3-12-28(30)29-19-24(14-15-31(29)36)22-35(23-25-9-8-16-33-21-25)32(37)26-10-7-11-27(20-26)34-17-5-6-18-34/h3-21H,2,22-23H2,1H3. The van der Waals surface area contributed by atoms with Crippen molar-refractivity contribution in [2.45, 2.75) is 26.6 Å². The van der Waals surface area contributed by atoms with Crippen molar-refractivity contribution in [3.8, 4) is 5.69 Å². The highest BCUT2D eigenvalue weighted by molar-refractivity contribution is 6.08. The summed E-state index contributed by atoms with van der Waals surface area (Å²) >= 11 is 0. The number of aryl methyl sites for hydroxylation is 1. The van der Waals surface area contributed by atoms with Gasteiger partial charge in [0, 0.05) is 77.5 Å². The molecule has 0 N–H and O–H groups in total. The van der Waals surface area contributed by atoms with Gasteiger partial charge in [-0.3, -0.25) is 9.78 Å². The minimum absolute atomic E-state index is 0.00561. The molecular weight excluding hydrogens is 456 g/mol. The number of hydrogen-bond donors (Lipinski definition) is 0. The first-order valence-electron chi connectivity index (χ1n) is 12.6. The summed E-state index contributed by atoms with van der Waals surface area (Å²) < 4.78 is 4.36. The van der Waals surface area contributed by atoms with Crippen LogP contribution in [-0.4, -0.2) is 24.9 Å². The van der Waals surface area contributed by atoms with E-state index in [0.29, 0.717) is 18.7 Å². The fourth-order valence-electron chi connectivity index (χ4n) is 5.16. The molecule has 0 aliphatic heterocycles. The lowest BCUT2D eigenvalue weighted by Gasteiger charge is -2.23. The molecule has 3 aromatic carbocycles. The molecule has 0 bridgehead atoms. The molecule has 182 valence electrons. The van der Waals surface area contributed by atoms with Crippen molar-refractivity contribution in [1.29, 1.82) is 0 Å². The summed E-state index contributed by atoms with van der Waals surface area (Å²) in [7, 11) is 0. The second kappa shape index (κ2) is 9.78. The Balaban J connectivity index is 1.38. The lowest BCUT2D eigenvalue weighted by Crippen LogP contribution is -2.30. The van der Waals surface area contributed by atoms with Crippen molar-refractivity contribution in [1.82, 2.24) is 19.0 Å². The van der Waals surface area contributed by atoms with Crippen molar-refractivity contribution in [3.05, 3.63) is 132 Å². The highest BCUT2D eigenvalue weighted by Crippen LogP contribution is 2.30. The first-order valence-corrected chi connectivity index (χ1v) is 12.6. The van der Waals surface area contributed by atoms with Gasteiger partial charge in [-0.05, 0) is 72.6 Å². The molecule has 0 aliphatic rings. The van der Waals surface area contributed by atoms with E-state index in [4.69, 9.17) is 0 Å². The third kappa shape index (κ3) is 4.40. The maximum Gasteiger partial charge on any atom is 0.254 e. The molecule has 0 saturated carbocycles. The normalized spacial score (nSPS) is 11.3. The van der Waals surface area contributed by atoms with E-state index >= 15 is 0 Å². The number of carbonyl (C=O) groups excluding carboxylic acids is 1. The van der Waals surface area contributed by atoms with Gasteiger partial charge in [0.25, 0.3) is 5.91 Å². The van der Waals surface area contributed by atoms with Crippen molar-refractivity contribution in [2.24, 2.45) is 0 Å². The van der Waals surface area contributed by atoms with Crippen LogP contribution in [0.2, 0.25) is 0 Å². The van der Waals surface area contributed by atoms with Crippen LogP contribution in [0, 0.1) is 0 Å². The fourth-order valence-corrected chi connectivity index (χ4v) is 5.16. The van der Waals surface area contributed by atoms with Crippen LogP contribution >= 0.6 is 0 Å². The first kappa shape index (κ1) is 22.8. The van der Waals surface area contributed by atoms with E-state index in [2.05, 4.69) is 58.9 Å². The molecule has 0 unspecified atom stereocenters. The fraction of sp³-hybridized carbons (Fsp3) is 0.125. The van der Waals surface area contributed by atoms with E-state index in [-0.39, 0.29) is 5.91 Å². The zero-order valence-corrected chi connectivity index (χ0v) is 20.8. The lowest BCUT2D eigenvalue weighted by molar-refractivity contribution is 0.0730. The van der Waals surface area contributed by atoms with Crippen LogP contribution in [0.15, 0.2) is 116 Å². The lowest BCUT2D eigenvalue weighted by atomic mass is 10.1. The number of aromatic nitrogens is 3. The molecule has 6 rings (SSSR count). The molecule has 3 aromatic heterocycles. The van der Waals surface area contributed by atoms with Gasteiger partial charge in [-0.2, -0.15) is 0 Å². The molecule has 0 fully saturated rings. The molecule has 0 atom stereocenters. The van der Waals surface area contributed by atoms with E-state index in [1.165, 1.54) is 21.8 Å². The molecule has 0 radical (unpaired) electrons. The number of amides is 1. The molecule has 6 aromatic rings. The largest absolute Gasteiger partial charge is 0.341 e. The summed E-state index contributed by atoms with van der Waals surface area (Å²) in [6.07, 6.45) is 7.56. The number of benzene rings is 3. The summed E-state index contributed by atoms with van der Waals surface area (Å²) in [6, 6.07) is 30.8. The minimum Gasteiger partial charge on any atom is -0.341 e. The van der Waals surface area contributed by atoms with Gasteiger partial charge in [-0.25, -0.2) is 0 Å². The van der Waals surface area contributed by atoms with Gasteiger partial charge < -0.3 is 14.0 Å². The summed E-state index contributed by atoms with van der Waals surface area (Å²) in [5.41, 5.74) is 6.19. The van der Waals surface area contributed by atoms with Gasteiger partial charge >= 0.3 is 0 Å². The van der Waals surface area contributed by atoms with Crippen molar-refractivity contribution in [2.75, 3.05) is 0 Å². The molecule has 0 saturated heterocycles. The van der Waals surface area contributed by atoms with Crippen LogP contribution in [0.5, 0.6) is 0 Å². The summed E-state index contributed by atoms with van der Waals surface area (Å²) in [4.78, 5) is 20.1. The molecule has 37 heavy (non-hydrogen) atoms. The van der Waals surface area contributed by atoms with Crippen molar-refractivity contribution in [3.63, 3.8) is 0 Å². The maximum atomic E-state index is 13.9. The zero-order chi connectivity index (χ0) is 25.2. The maximum absolute atomic E-state index is 13.9. The highest BCUT2D eigenvalue weighted by atomic mass is 16.2. The van der Waals surface area contributed by atoms with Crippen LogP contribution in [0.25, 0.3) is 27.5 Å². The first-order chi connectivity index (χ1) is 18.2. The van der Waals surface area contributed by atoms with E-state index in [1.54, 1.807) is 6.20 Å². The van der Waals surface area contributed by atoms with Gasteiger partial charge in [-0.15, -0.1) is 0 Å². The third-order valence-corrected chi connectivity index (χ3v) is 6.91. The van der Waals surface area contributed by atoms with Gasteiger partial charge in [0.05, 0.1) is 0 Å². The van der Waals surface area contributed by atoms with Crippen LogP contribution in [0.4, 0.5) is 0 Å². The molecular formula is C32H28N4O. The average Bonchev–Trinajstić information content (AvgIpc) is 3.60. The Kier molecular flexibility index (Phi) is 6.03. The Hall–Kier alpha value is -4.64. The number of para-hydroxylation sites is 1. The summed E-state index contributed by atoms with van der Waals surface area (Å²) in [5.74, 6) is -0.00561. The number of carbonyl (C=O) groups is 1. The number of pyridine rings is 1. The van der Waals surface area contributed by atoms with Crippen molar-refractivity contribution >= 4 is 27.7 Å². The second-order valence-corrected chi connectivity index (χ2v) is 9.28. The average molecular weight is 485 g/mol. The minimum atomic E-state index is -0.00561. The van der Waals surface area contributed by atoms with Crippen LogP contribution < -0.4 is 0 Å². The molecule has 5 heteroatoms. The Morgan fingerprint density at radius 3 is 2.41 bits per heavy atom. The van der Waals surface area contributed by atoms with E-state index in [9.17, 15) is 4.79 Å².